The summed E-state index contributed by atoms with van der Waals surface area (Å²) in [5.41, 5.74) is 0.301. The van der Waals surface area contributed by atoms with Gasteiger partial charge in [0.25, 0.3) is 0 Å². The SMILES string of the molecule is O[C@](/C=C/c1ccc(Cl)cc1)(Cn1ccnc1)c1ccccn1. The molecule has 4 nitrogen and oxygen atoms in total. The summed E-state index contributed by atoms with van der Waals surface area (Å²) in [5, 5.41) is 11.8. The standard InChI is InChI=1S/C18H16ClN3O/c19-16-6-4-15(5-7-16)8-9-18(23,13-22-12-11-20-14-22)17-3-1-2-10-21-17/h1-12,14,23H,13H2/b9-8+/t18-/m1/s1. The number of benzene rings is 1. The molecule has 1 atom stereocenters. The van der Waals surface area contributed by atoms with Gasteiger partial charge in [-0.3, -0.25) is 4.98 Å². The first-order valence-electron chi connectivity index (χ1n) is 7.20. The fourth-order valence-electron chi connectivity index (χ4n) is 2.30. The van der Waals surface area contributed by atoms with Gasteiger partial charge in [0, 0.05) is 23.6 Å². The van der Waals surface area contributed by atoms with Gasteiger partial charge in [0.1, 0.15) is 5.60 Å². The molecule has 23 heavy (non-hydrogen) atoms. The van der Waals surface area contributed by atoms with Crippen LogP contribution < -0.4 is 0 Å². The molecule has 0 fully saturated rings. The lowest BCUT2D eigenvalue weighted by atomic mass is 9.97. The lowest BCUT2D eigenvalue weighted by molar-refractivity contribution is 0.0659. The van der Waals surface area contributed by atoms with Crippen LogP contribution in [-0.4, -0.2) is 19.6 Å². The Kier molecular flexibility index (Phi) is 4.55. The van der Waals surface area contributed by atoms with Gasteiger partial charge in [-0.1, -0.05) is 35.9 Å². The molecule has 2 heterocycles. The zero-order valence-corrected chi connectivity index (χ0v) is 13.1. The summed E-state index contributed by atoms with van der Waals surface area (Å²) in [6.07, 6.45) is 10.4. The molecule has 116 valence electrons. The Morgan fingerprint density at radius 1 is 1.13 bits per heavy atom. The fraction of sp³-hybridized carbons (Fsp3) is 0.111. The fourth-order valence-corrected chi connectivity index (χ4v) is 2.43. The summed E-state index contributed by atoms with van der Waals surface area (Å²) in [7, 11) is 0. The zero-order valence-electron chi connectivity index (χ0n) is 12.4. The van der Waals surface area contributed by atoms with Gasteiger partial charge in [0.15, 0.2) is 0 Å². The Morgan fingerprint density at radius 3 is 2.61 bits per heavy atom. The lowest BCUT2D eigenvalue weighted by Gasteiger charge is -2.24. The third kappa shape index (κ3) is 3.86. The highest BCUT2D eigenvalue weighted by Crippen LogP contribution is 2.24. The predicted molar refractivity (Wildman–Crippen MR) is 90.8 cm³/mol. The predicted octanol–water partition coefficient (Wildman–Crippen LogP) is 3.53. The average molecular weight is 326 g/mol. The van der Waals surface area contributed by atoms with Crippen LogP contribution in [0.15, 0.2) is 73.5 Å². The van der Waals surface area contributed by atoms with Crippen LogP contribution in [0.25, 0.3) is 6.08 Å². The molecule has 0 amide bonds. The number of hydrogen-bond acceptors (Lipinski definition) is 3. The Hall–Kier alpha value is -2.43. The molecule has 3 aromatic rings. The van der Waals surface area contributed by atoms with E-state index in [1.54, 1.807) is 24.8 Å². The van der Waals surface area contributed by atoms with E-state index in [1.165, 1.54) is 0 Å². The largest absolute Gasteiger partial charge is 0.377 e. The van der Waals surface area contributed by atoms with Gasteiger partial charge >= 0.3 is 0 Å². The molecule has 5 heteroatoms. The van der Waals surface area contributed by atoms with Gasteiger partial charge in [-0.15, -0.1) is 0 Å². The minimum Gasteiger partial charge on any atom is -0.377 e. The first-order valence-corrected chi connectivity index (χ1v) is 7.58. The van der Waals surface area contributed by atoms with Gasteiger partial charge < -0.3 is 9.67 Å². The van der Waals surface area contributed by atoms with Crippen LogP contribution in [-0.2, 0) is 12.1 Å². The van der Waals surface area contributed by atoms with E-state index in [0.29, 0.717) is 17.3 Å². The second-order valence-electron chi connectivity index (χ2n) is 5.26. The van der Waals surface area contributed by atoms with Gasteiger partial charge in [-0.05, 0) is 35.9 Å². The van der Waals surface area contributed by atoms with E-state index in [2.05, 4.69) is 9.97 Å². The van der Waals surface area contributed by atoms with Crippen LogP contribution in [0.4, 0.5) is 0 Å². The second-order valence-corrected chi connectivity index (χ2v) is 5.70. The highest BCUT2D eigenvalue weighted by molar-refractivity contribution is 6.30. The molecule has 0 radical (unpaired) electrons. The van der Waals surface area contributed by atoms with Crippen molar-refractivity contribution in [2.24, 2.45) is 0 Å². The zero-order chi connectivity index (χ0) is 16.1. The van der Waals surface area contributed by atoms with Crippen molar-refractivity contribution in [1.82, 2.24) is 14.5 Å². The third-order valence-corrected chi connectivity index (χ3v) is 3.76. The summed E-state index contributed by atoms with van der Waals surface area (Å²) in [6, 6.07) is 12.9. The molecule has 0 bridgehead atoms. The van der Waals surface area contributed by atoms with Crippen molar-refractivity contribution in [1.29, 1.82) is 0 Å². The molecule has 0 saturated carbocycles. The molecular formula is C18H16ClN3O. The maximum Gasteiger partial charge on any atom is 0.143 e. The van der Waals surface area contributed by atoms with Crippen LogP contribution in [0.3, 0.4) is 0 Å². The summed E-state index contributed by atoms with van der Waals surface area (Å²) >= 11 is 5.90. The average Bonchev–Trinajstić information content (AvgIpc) is 3.08. The Morgan fingerprint density at radius 2 is 1.96 bits per heavy atom. The number of aliphatic hydroxyl groups is 1. The second kappa shape index (κ2) is 6.77. The first-order chi connectivity index (χ1) is 11.2. The molecule has 0 unspecified atom stereocenters. The number of nitrogens with zero attached hydrogens (tertiary/aromatic N) is 3. The van der Waals surface area contributed by atoms with E-state index < -0.39 is 5.60 Å². The van der Waals surface area contributed by atoms with Crippen molar-refractivity contribution in [3.8, 4) is 0 Å². The molecule has 1 aromatic carbocycles. The summed E-state index contributed by atoms with van der Waals surface area (Å²) in [6.45, 7) is 0.327. The number of hydrogen-bond donors (Lipinski definition) is 1. The monoisotopic (exact) mass is 325 g/mol. The summed E-state index contributed by atoms with van der Waals surface area (Å²) < 4.78 is 1.82. The van der Waals surface area contributed by atoms with Crippen molar-refractivity contribution in [2.45, 2.75) is 12.1 Å². The lowest BCUT2D eigenvalue weighted by Crippen LogP contribution is -2.29. The maximum atomic E-state index is 11.1. The van der Waals surface area contributed by atoms with E-state index >= 15 is 0 Å². The highest BCUT2D eigenvalue weighted by atomic mass is 35.5. The first kappa shape index (κ1) is 15.5. The van der Waals surface area contributed by atoms with Crippen LogP contribution in [0.2, 0.25) is 5.02 Å². The molecule has 0 aliphatic heterocycles. The van der Waals surface area contributed by atoms with Gasteiger partial charge in [0.05, 0.1) is 18.6 Å². The molecule has 0 saturated heterocycles. The minimum absolute atomic E-state index is 0.327. The maximum absolute atomic E-state index is 11.1. The molecule has 1 N–H and O–H groups in total. The van der Waals surface area contributed by atoms with Gasteiger partial charge in [-0.2, -0.15) is 0 Å². The third-order valence-electron chi connectivity index (χ3n) is 3.51. The molecule has 3 rings (SSSR count). The quantitative estimate of drug-likeness (QED) is 0.780. The normalized spacial score (nSPS) is 14.0. The molecule has 0 aliphatic rings. The van der Waals surface area contributed by atoms with Crippen molar-refractivity contribution in [3.05, 3.63) is 89.7 Å². The number of aromatic nitrogens is 3. The number of pyridine rings is 1. The smallest absolute Gasteiger partial charge is 0.143 e. The van der Waals surface area contributed by atoms with E-state index in [4.69, 9.17) is 11.6 Å². The molecule has 0 spiro atoms. The topological polar surface area (TPSA) is 50.9 Å². The van der Waals surface area contributed by atoms with Crippen LogP contribution >= 0.6 is 11.6 Å². The van der Waals surface area contributed by atoms with Crippen molar-refractivity contribution < 1.29 is 5.11 Å². The summed E-state index contributed by atoms with van der Waals surface area (Å²) in [4.78, 5) is 8.32. The number of halogens is 1. The Labute approximate surface area is 139 Å². The molecular weight excluding hydrogens is 310 g/mol. The van der Waals surface area contributed by atoms with E-state index in [0.717, 1.165) is 5.56 Å². The van der Waals surface area contributed by atoms with E-state index in [-0.39, 0.29) is 0 Å². The minimum atomic E-state index is -1.23. The van der Waals surface area contributed by atoms with Gasteiger partial charge in [0.2, 0.25) is 0 Å². The summed E-state index contributed by atoms with van der Waals surface area (Å²) in [5.74, 6) is 0. The van der Waals surface area contributed by atoms with E-state index in [9.17, 15) is 5.11 Å². The van der Waals surface area contributed by atoms with E-state index in [1.807, 2.05) is 59.3 Å². The number of rotatable bonds is 5. The van der Waals surface area contributed by atoms with Crippen molar-refractivity contribution in [2.75, 3.05) is 0 Å². The van der Waals surface area contributed by atoms with Crippen LogP contribution in [0.5, 0.6) is 0 Å². The van der Waals surface area contributed by atoms with Crippen molar-refractivity contribution >= 4 is 17.7 Å². The van der Waals surface area contributed by atoms with Gasteiger partial charge in [-0.25, -0.2) is 4.98 Å². The Balaban J connectivity index is 1.93. The molecule has 0 aliphatic carbocycles. The van der Waals surface area contributed by atoms with Crippen molar-refractivity contribution in [3.63, 3.8) is 0 Å². The molecule has 2 aromatic heterocycles. The van der Waals surface area contributed by atoms with Crippen LogP contribution in [0, 0.1) is 0 Å². The highest BCUT2D eigenvalue weighted by Gasteiger charge is 2.28. The van der Waals surface area contributed by atoms with Crippen LogP contribution in [0.1, 0.15) is 11.3 Å². The number of imidazole rings is 1. The Bertz CT molecular complexity index is 770.